The molecule has 0 radical (unpaired) electrons. The molecule has 0 aliphatic carbocycles. The maximum Gasteiger partial charge on any atom is 0.433 e. The molecule has 1 saturated heterocycles. The number of aromatic amines is 1. The van der Waals surface area contributed by atoms with Crippen molar-refractivity contribution in [3.63, 3.8) is 0 Å². The van der Waals surface area contributed by atoms with Crippen molar-refractivity contribution in [2.24, 2.45) is 0 Å². The Morgan fingerprint density at radius 1 is 1.17 bits per heavy atom. The Bertz CT molecular complexity index is 1380. The van der Waals surface area contributed by atoms with Crippen molar-refractivity contribution in [2.45, 2.75) is 25.1 Å². The van der Waals surface area contributed by atoms with Gasteiger partial charge in [-0.25, -0.2) is 9.97 Å². The molecule has 5 rings (SSSR count). The van der Waals surface area contributed by atoms with Crippen LogP contribution in [0.2, 0.25) is 5.02 Å². The SMILES string of the molecule is O=C(NC1CCNCC1)c1ccc(Nc2nccn3c(-c4cn[nH]c4C(F)(F)F)cnc23)cc1Cl. The van der Waals surface area contributed by atoms with Gasteiger partial charge in [0.05, 0.1) is 34.2 Å². The Morgan fingerprint density at radius 3 is 2.71 bits per heavy atom. The lowest BCUT2D eigenvalue weighted by Gasteiger charge is -2.23. The van der Waals surface area contributed by atoms with Crippen LogP contribution in [0.3, 0.4) is 0 Å². The van der Waals surface area contributed by atoms with Gasteiger partial charge in [-0.2, -0.15) is 18.3 Å². The number of hydrogen-bond acceptors (Lipinski definition) is 6. The van der Waals surface area contributed by atoms with Crippen molar-refractivity contribution in [1.82, 2.24) is 35.2 Å². The molecule has 1 fully saturated rings. The van der Waals surface area contributed by atoms with E-state index in [1.54, 1.807) is 18.2 Å². The molecule has 1 amide bonds. The van der Waals surface area contributed by atoms with Crippen LogP contribution in [0.5, 0.6) is 0 Å². The lowest BCUT2D eigenvalue weighted by Crippen LogP contribution is -2.42. The summed E-state index contributed by atoms with van der Waals surface area (Å²) in [5.74, 6) is 0.0610. The number of carbonyl (C=O) groups is 1. The first-order valence-electron chi connectivity index (χ1n) is 10.8. The van der Waals surface area contributed by atoms with Gasteiger partial charge in [0.2, 0.25) is 0 Å². The van der Waals surface area contributed by atoms with E-state index in [0.717, 1.165) is 32.1 Å². The number of carbonyl (C=O) groups excluding carboxylic acids is 1. The Labute approximate surface area is 202 Å². The molecule has 0 unspecified atom stereocenters. The second kappa shape index (κ2) is 9.19. The van der Waals surface area contributed by atoms with Gasteiger partial charge in [-0.3, -0.25) is 14.3 Å². The standard InChI is InChI=1S/C22H20ClF3N8O/c23-16-9-13(1-2-14(16)21(35)32-12-3-5-27-6-4-12)31-19-20-29-11-17(34(20)8-7-28-19)15-10-30-33-18(15)22(24,25)26/h1-2,7-12,27H,3-6H2,(H,28,31)(H,30,33)(H,32,35). The first-order valence-corrected chi connectivity index (χ1v) is 11.2. The molecule has 1 aliphatic heterocycles. The van der Waals surface area contributed by atoms with E-state index in [4.69, 9.17) is 11.6 Å². The highest BCUT2D eigenvalue weighted by Crippen LogP contribution is 2.36. The van der Waals surface area contributed by atoms with Crippen molar-refractivity contribution >= 4 is 34.7 Å². The second-order valence-corrected chi connectivity index (χ2v) is 8.49. The van der Waals surface area contributed by atoms with E-state index in [2.05, 4.69) is 31.0 Å². The number of hydrogen-bond donors (Lipinski definition) is 4. The van der Waals surface area contributed by atoms with Crippen molar-refractivity contribution in [2.75, 3.05) is 18.4 Å². The molecule has 9 nitrogen and oxygen atoms in total. The van der Waals surface area contributed by atoms with E-state index >= 15 is 0 Å². The van der Waals surface area contributed by atoms with Gasteiger partial charge in [0.25, 0.3) is 5.91 Å². The van der Waals surface area contributed by atoms with Gasteiger partial charge in [0.15, 0.2) is 11.5 Å². The minimum atomic E-state index is -4.59. The predicted molar refractivity (Wildman–Crippen MR) is 124 cm³/mol. The highest BCUT2D eigenvalue weighted by Gasteiger charge is 2.36. The molecular weight excluding hydrogens is 485 g/mol. The van der Waals surface area contributed by atoms with Crippen LogP contribution < -0.4 is 16.0 Å². The fourth-order valence-electron chi connectivity index (χ4n) is 4.05. The average molecular weight is 505 g/mol. The zero-order valence-corrected chi connectivity index (χ0v) is 18.9. The molecule has 4 heterocycles. The normalized spacial score (nSPS) is 14.9. The molecule has 13 heteroatoms. The minimum Gasteiger partial charge on any atom is -0.349 e. The summed E-state index contributed by atoms with van der Waals surface area (Å²) in [6, 6.07) is 4.98. The van der Waals surface area contributed by atoms with Crippen LogP contribution in [0, 0.1) is 0 Å². The molecule has 4 N–H and O–H groups in total. The molecule has 0 spiro atoms. The van der Waals surface area contributed by atoms with Crippen LogP contribution in [0.15, 0.2) is 43.0 Å². The summed E-state index contributed by atoms with van der Waals surface area (Å²) < 4.78 is 41.5. The number of benzene rings is 1. The van der Waals surface area contributed by atoms with Crippen molar-refractivity contribution in [3.05, 3.63) is 59.3 Å². The molecule has 0 bridgehead atoms. The zero-order valence-electron chi connectivity index (χ0n) is 18.2. The molecular formula is C22H20ClF3N8O. The third kappa shape index (κ3) is 4.66. The van der Waals surface area contributed by atoms with E-state index in [1.807, 2.05) is 5.10 Å². The summed E-state index contributed by atoms with van der Waals surface area (Å²) in [6.07, 6.45) is 2.50. The number of fused-ring (bicyclic) bond motifs is 1. The smallest absolute Gasteiger partial charge is 0.349 e. The highest BCUT2D eigenvalue weighted by atomic mass is 35.5. The maximum atomic E-state index is 13.3. The van der Waals surface area contributed by atoms with E-state index < -0.39 is 11.9 Å². The Balaban J connectivity index is 1.39. The lowest BCUT2D eigenvalue weighted by molar-refractivity contribution is -0.140. The summed E-state index contributed by atoms with van der Waals surface area (Å²) in [5.41, 5.74) is 0.308. The molecule has 1 aliphatic rings. The third-order valence-electron chi connectivity index (χ3n) is 5.78. The number of alkyl halides is 3. The molecule has 0 atom stereocenters. The van der Waals surface area contributed by atoms with Gasteiger partial charge in [-0.15, -0.1) is 0 Å². The Kier molecular flexibility index (Phi) is 6.07. The predicted octanol–water partition coefficient (Wildman–Crippen LogP) is 4.02. The van der Waals surface area contributed by atoms with Crippen molar-refractivity contribution < 1.29 is 18.0 Å². The van der Waals surface area contributed by atoms with E-state index in [1.165, 1.54) is 23.0 Å². The fourth-order valence-corrected chi connectivity index (χ4v) is 4.31. The van der Waals surface area contributed by atoms with Gasteiger partial charge >= 0.3 is 6.18 Å². The quantitative estimate of drug-likeness (QED) is 0.327. The summed E-state index contributed by atoms with van der Waals surface area (Å²) in [4.78, 5) is 21.2. The van der Waals surface area contributed by atoms with Crippen LogP contribution in [0.4, 0.5) is 24.7 Å². The number of H-pyrrole nitrogens is 1. The second-order valence-electron chi connectivity index (χ2n) is 8.09. The largest absolute Gasteiger partial charge is 0.433 e. The molecule has 182 valence electrons. The van der Waals surface area contributed by atoms with Crippen molar-refractivity contribution in [1.29, 1.82) is 0 Å². The Hall–Kier alpha value is -3.64. The van der Waals surface area contributed by atoms with Gasteiger partial charge in [0.1, 0.15) is 5.69 Å². The molecule has 35 heavy (non-hydrogen) atoms. The fraction of sp³-hybridized carbons (Fsp3) is 0.273. The monoisotopic (exact) mass is 504 g/mol. The lowest BCUT2D eigenvalue weighted by atomic mass is 10.1. The van der Waals surface area contributed by atoms with Crippen LogP contribution >= 0.6 is 11.6 Å². The first kappa shape index (κ1) is 23.1. The van der Waals surface area contributed by atoms with Gasteiger partial charge in [-0.05, 0) is 44.1 Å². The number of amides is 1. The number of piperidine rings is 1. The number of nitrogens with zero attached hydrogens (tertiary/aromatic N) is 4. The van der Waals surface area contributed by atoms with Gasteiger partial charge < -0.3 is 16.0 Å². The van der Waals surface area contributed by atoms with Crippen LogP contribution in [-0.4, -0.2) is 49.6 Å². The molecule has 0 saturated carbocycles. The number of anilines is 2. The van der Waals surface area contributed by atoms with Crippen LogP contribution in [0.25, 0.3) is 16.9 Å². The first-order chi connectivity index (χ1) is 16.8. The third-order valence-corrected chi connectivity index (χ3v) is 6.09. The number of imidazole rings is 1. The average Bonchev–Trinajstić information content (AvgIpc) is 3.47. The number of nitrogens with one attached hydrogen (secondary N) is 4. The summed E-state index contributed by atoms with van der Waals surface area (Å²) >= 11 is 6.39. The van der Waals surface area contributed by atoms with Gasteiger partial charge in [0, 0.05) is 24.1 Å². The summed E-state index contributed by atoms with van der Waals surface area (Å²) in [7, 11) is 0. The maximum absolute atomic E-state index is 13.3. The van der Waals surface area contributed by atoms with E-state index in [0.29, 0.717) is 22.7 Å². The Morgan fingerprint density at radius 2 is 1.97 bits per heavy atom. The number of aromatic nitrogens is 5. The highest BCUT2D eigenvalue weighted by molar-refractivity contribution is 6.34. The molecule has 3 aromatic heterocycles. The zero-order chi connectivity index (χ0) is 24.6. The van der Waals surface area contributed by atoms with Crippen LogP contribution in [0.1, 0.15) is 28.9 Å². The summed E-state index contributed by atoms with van der Waals surface area (Å²) in [5, 5.41) is 15.1. The number of rotatable bonds is 5. The van der Waals surface area contributed by atoms with Gasteiger partial charge in [-0.1, -0.05) is 11.6 Å². The van der Waals surface area contributed by atoms with Crippen molar-refractivity contribution in [3.8, 4) is 11.3 Å². The van der Waals surface area contributed by atoms with E-state index in [-0.39, 0.29) is 28.2 Å². The number of halogens is 4. The summed E-state index contributed by atoms with van der Waals surface area (Å²) in [6.45, 7) is 1.71. The topological polar surface area (TPSA) is 112 Å². The van der Waals surface area contributed by atoms with Crippen LogP contribution in [-0.2, 0) is 6.18 Å². The molecule has 4 aromatic rings. The minimum absolute atomic E-state index is 0.0992. The van der Waals surface area contributed by atoms with E-state index in [9.17, 15) is 18.0 Å². The molecule has 1 aromatic carbocycles.